The standard InChI is InChI=1S/C10H15BrS/c1-2-3-7-12-10-6-4-5-9(11)8-10/h4-5,8,10H,2-3,6-7H2,1H3. The van der Waals surface area contributed by atoms with E-state index in [4.69, 9.17) is 0 Å². The van der Waals surface area contributed by atoms with Crippen LogP contribution in [0.2, 0.25) is 0 Å². The van der Waals surface area contributed by atoms with Gasteiger partial charge in [0, 0.05) is 9.73 Å². The first kappa shape index (κ1) is 10.4. The van der Waals surface area contributed by atoms with Crippen molar-refractivity contribution in [1.82, 2.24) is 0 Å². The number of hydrogen-bond donors (Lipinski definition) is 0. The summed E-state index contributed by atoms with van der Waals surface area (Å²) in [5, 5.41) is 0.705. The molecule has 0 radical (unpaired) electrons. The van der Waals surface area contributed by atoms with E-state index in [0.717, 1.165) is 0 Å². The van der Waals surface area contributed by atoms with Gasteiger partial charge in [0.05, 0.1) is 0 Å². The lowest BCUT2D eigenvalue weighted by atomic mass is 10.2. The van der Waals surface area contributed by atoms with Gasteiger partial charge in [-0.05, 0) is 18.6 Å². The number of allylic oxidation sites excluding steroid dienone is 3. The van der Waals surface area contributed by atoms with E-state index in [0.29, 0.717) is 5.25 Å². The molecule has 12 heavy (non-hydrogen) atoms. The van der Waals surface area contributed by atoms with E-state index in [1.165, 1.54) is 29.5 Å². The molecule has 0 N–H and O–H groups in total. The Balaban J connectivity index is 2.21. The summed E-state index contributed by atoms with van der Waals surface area (Å²) in [5.41, 5.74) is 0. The number of hydrogen-bond acceptors (Lipinski definition) is 1. The second kappa shape index (κ2) is 5.87. The second-order valence-corrected chi connectivity index (χ2v) is 5.22. The van der Waals surface area contributed by atoms with Crippen molar-refractivity contribution >= 4 is 27.7 Å². The Hall–Kier alpha value is 0.310. The van der Waals surface area contributed by atoms with Crippen LogP contribution in [0.3, 0.4) is 0 Å². The van der Waals surface area contributed by atoms with E-state index in [-0.39, 0.29) is 0 Å². The monoisotopic (exact) mass is 246 g/mol. The smallest absolute Gasteiger partial charge is 0.0275 e. The van der Waals surface area contributed by atoms with Gasteiger partial charge < -0.3 is 0 Å². The Morgan fingerprint density at radius 1 is 1.67 bits per heavy atom. The minimum atomic E-state index is 0.705. The van der Waals surface area contributed by atoms with Gasteiger partial charge in [0.15, 0.2) is 0 Å². The predicted octanol–water partition coefficient (Wildman–Crippen LogP) is 4.13. The molecule has 0 heterocycles. The molecule has 68 valence electrons. The zero-order valence-corrected chi connectivity index (χ0v) is 9.83. The summed E-state index contributed by atoms with van der Waals surface area (Å²) in [7, 11) is 0. The molecule has 0 aromatic heterocycles. The summed E-state index contributed by atoms with van der Waals surface area (Å²) < 4.78 is 1.24. The molecule has 2 heteroatoms. The third-order valence-electron chi connectivity index (χ3n) is 1.82. The highest BCUT2D eigenvalue weighted by molar-refractivity contribution is 9.11. The lowest BCUT2D eigenvalue weighted by molar-refractivity contribution is 0.892. The summed E-state index contributed by atoms with van der Waals surface area (Å²) in [4.78, 5) is 0. The fourth-order valence-corrected chi connectivity index (χ4v) is 3.04. The molecule has 1 rings (SSSR count). The molecule has 0 amide bonds. The van der Waals surface area contributed by atoms with E-state index >= 15 is 0 Å². The van der Waals surface area contributed by atoms with Crippen LogP contribution in [-0.4, -0.2) is 11.0 Å². The van der Waals surface area contributed by atoms with Gasteiger partial charge in [-0.15, -0.1) is 0 Å². The van der Waals surface area contributed by atoms with Crippen LogP contribution in [0.15, 0.2) is 22.7 Å². The molecule has 0 aromatic rings. The van der Waals surface area contributed by atoms with Gasteiger partial charge in [-0.25, -0.2) is 0 Å². The molecule has 1 aliphatic rings. The first-order valence-corrected chi connectivity index (χ1v) is 6.32. The first-order chi connectivity index (χ1) is 5.83. The van der Waals surface area contributed by atoms with Crippen LogP contribution in [0.1, 0.15) is 26.2 Å². The van der Waals surface area contributed by atoms with Crippen LogP contribution < -0.4 is 0 Å². The molecule has 0 nitrogen and oxygen atoms in total. The van der Waals surface area contributed by atoms with Gasteiger partial charge in [0.25, 0.3) is 0 Å². The van der Waals surface area contributed by atoms with Crippen LogP contribution in [0.4, 0.5) is 0 Å². The molecule has 0 aromatic carbocycles. The number of halogens is 1. The zero-order chi connectivity index (χ0) is 8.81. The molecule has 0 saturated heterocycles. The lowest BCUT2D eigenvalue weighted by Crippen LogP contribution is -2.01. The summed E-state index contributed by atoms with van der Waals surface area (Å²) in [5.74, 6) is 1.30. The molecule has 0 fully saturated rings. The fourth-order valence-electron chi connectivity index (χ4n) is 1.11. The van der Waals surface area contributed by atoms with Crippen molar-refractivity contribution in [3.8, 4) is 0 Å². The number of unbranched alkanes of at least 4 members (excludes halogenated alkanes) is 1. The highest BCUT2D eigenvalue weighted by atomic mass is 79.9. The Bertz CT molecular complexity index is 184. The van der Waals surface area contributed by atoms with Gasteiger partial charge in [-0.2, -0.15) is 11.8 Å². The highest BCUT2D eigenvalue weighted by Gasteiger charge is 2.07. The maximum atomic E-state index is 3.50. The van der Waals surface area contributed by atoms with Crippen molar-refractivity contribution in [2.24, 2.45) is 0 Å². The molecular weight excluding hydrogens is 232 g/mol. The largest absolute Gasteiger partial charge is 0.154 e. The van der Waals surface area contributed by atoms with Gasteiger partial charge in [0.2, 0.25) is 0 Å². The number of rotatable bonds is 4. The van der Waals surface area contributed by atoms with Crippen molar-refractivity contribution in [3.05, 3.63) is 22.7 Å². The molecule has 1 aliphatic carbocycles. The maximum Gasteiger partial charge on any atom is 0.0275 e. The minimum Gasteiger partial charge on any atom is -0.154 e. The van der Waals surface area contributed by atoms with Crippen LogP contribution >= 0.6 is 27.7 Å². The SMILES string of the molecule is CCCCSC1C=C(Br)C=CC1. The van der Waals surface area contributed by atoms with Crippen molar-refractivity contribution < 1.29 is 0 Å². The predicted molar refractivity (Wildman–Crippen MR) is 61.9 cm³/mol. The van der Waals surface area contributed by atoms with E-state index < -0.39 is 0 Å². The van der Waals surface area contributed by atoms with Gasteiger partial charge in [-0.3, -0.25) is 0 Å². The topological polar surface area (TPSA) is 0 Å². The van der Waals surface area contributed by atoms with Crippen molar-refractivity contribution in [1.29, 1.82) is 0 Å². The average Bonchev–Trinajstić information content (AvgIpc) is 2.05. The summed E-state index contributed by atoms with van der Waals surface area (Å²) in [6, 6.07) is 0. The molecule has 1 atom stereocenters. The van der Waals surface area contributed by atoms with E-state index in [9.17, 15) is 0 Å². The number of thioether (sulfide) groups is 1. The minimum absolute atomic E-state index is 0.705. The summed E-state index contributed by atoms with van der Waals surface area (Å²) in [6.45, 7) is 2.24. The van der Waals surface area contributed by atoms with E-state index in [1.807, 2.05) is 0 Å². The van der Waals surface area contributed by atoms with Crippen molar-refractivity contribution in [2.75, 3.05) is 5.75 Å². The second-order valence-electron chi connectivity index (χ2n) is 2.95. The highest BCUT2D eigenvalue weighted by Crippen LogP contribution is 2.25. The molecule has 0 aliphatic heterocycles. The van der Waals surface area contributed by atoms with Crippen LogP contribution in [-0.2, 0) is 0 Å². The van der Waals surface area contributed by atoms with E-state index in [1.54, 1.807) is 0 Å². The molecule has 1 unspecified atom stereocenters. The third kappa shape index (κ3) is 3.81. The quantitative estimate of drug-likeness (QED) is 0.673. The van der Waals surface area contributed by atoms with Crippen LogP contribution in [0.25, 0.3) is 0 Å². The van der Waals surface area contributed by atoms with Gasteiger partial charge in [0.1, 0.15) is 0 Å². The Kier molecular flexibility index (Phi) is 5.08. The third-order valence-corrected chi connectivity index (χ3v) is 3.63. The first-order valence-electron chi connectivity index (χ1n) is 4.48. The Labute approximate surface area is 87.6 Å². The van der Waals surface area contributed by atoms with Gasteiger partial charge >= 0.3 is 0 Å². The zero-order valence-electron chi connectivity index (χ0n) is 7.42. The van der Waals surface area contributed by atoms with Crippen molar-refractivity contribution in [2.45, 2.75) is 31.4 Å². The fraction of sp³-hybridized carbons (Fsp3) is 0.600. The summed E-state index contributed by atoms with van der Waals surface area (Å²) >= 11 is 5.57. The maximum absolute atomic E-state index is 3.50. The molecule has 0 saturated carbocycles. The molecular formula is C10H15BrS. The Morgan fingerprint density at radius 3 is 3.17 bits per heavy atom. The van der Waals surface area contributed by atoms with Crippen LogP contribution in [0, 0.1) is 0 Å². The molecule has 0 bridgehead atoms. The normalized spacial score (nSPS) is 22.5. The van der Waals surface area contributed by atoms with Crippen LogP contribution in [0.5, 0.6) is 0 Å². The van der Waals surface area contributed by atoms with Crippen molar-refractivity contribution in [3.63, 3.8) is 0 Å². The summed E-state index contributed by atoms with van der Waals surface area (Å²) in [6.07, 6.45) is 10.5. The van der Waals surface area contributed by atoms with E-state index in [2.05, 4.69) is 52.8 Å². The molecule has 0 spiro atoms. The average molecular weight is 247 g/mol. The lowest BCUT2D eigenvalue weighted by Gasteiger charge is -2.13. The van der Waals surface area contributed by atoms with Gasteiger partial charge in [-0.1, -0.05) is 47.5 Å². The Morgan fingerprint density at radius 2 is 2.50 bits per heavy atom.